The van der Waals surface area contributed by atoms with Gasteiger partial charge >= 0.3 is 5.97 Å². The Hall–Kier alpha value is -1.14. The number of nitrogens with zero attached hydrogens (tertiary/aromatic N) is 1. The highest BCUT2D eigenvalue weighted by molar-refractivity contribution is 6.01. The summed E-state index contributed by atoms with van der Waals surface area (Å²) in [7, 11) is 0. The highest BCUT2D eigenvalue weighted by Gasteiger charge is 2.40. The molecule has 1 rings (SSSR count). The molecular weight excluding hydrogens is 214 g/mol. The number of aliphatic hydroxyl groups excluding tert-OH is 1. The maximum Gasteiger partial charge on any atom is 0.318 e. The van der Waals surface area contributed by atoms with E-state index in [4.69, 9.17) is 14.9 Å². The third-order valence-electron chi connectivity index (χ3n) is 2.70. The molecule has 1 saturated heterocycles. The number of carboxylic acids is 1. The van der Waals surface area contributed by atoms with E-state index in [2.05, 4.69) is 0 Å². The van der Waals surface area contributed by atoms with Crippen LogP contribution in [0.1, 0.15) is 13.8 Å². The molecule has 16 heavy (non-hydrogen) atoms. The van der Waals surface area contributed by atoms with Crippen molar-refractivity contribution in [3.8, 4) is 0 Å². The summed E-state index contributed by atoms with van der Waals surface area (Å²) < 4.78 is 5.19. The van der Waals surface area contributed by atoms with E-state index in [-0.39, 0.29) is 13.2 Å². The third-order valence-corrected chi connectivity index (χ3v) is 2.70. The lowest BCUT2D eigenvalue weighted by Crippen LogP contribution is -2.52. The molecule has 0 bridgehead atoms. The van der Waals surface area contributed by atoms with Gasteiger partial charge in [-0.1, -0.05) is 0 Å². The fraction of sp³-hybridized carbons (Fsp3) is 0.800. The van der Waals surface area contributed by atoms with E-state index in [0.29, 0.717) is 13.2 Å². The Kier molecular flexibility index (Phi) is 3.88. The van der Waals surface area contributed by atoms with Gasteiger partial charge in [-0.25, -0.2) is 0 Å². The highest BCUT2D eigenvalue weighted by atomic mass is 16.5. The van der Waals surface area contributed by atoms with Gasteiger partial charge in [0, 0.05) is 13.1 Å². The number of aliphatic hydroxyl groups is 1. The fourth-order valence-corrected chi connectivity index (χ4v) is 1.50. The van der Waals surface area contributed by atoms with Gasteiger partial charge in [-0.2, -0.15) is 0 Å². The first-order valence-corrected chi connectivity index (χ1v) is 5.15. The van der Waals surface area contributed by atoms with Crippen molar-refractivity contribution in [3.63, 3.8) is 0 Å². The zero-order chi connectivity index (χ0) is 12.3. The molecular formula is C10H17NO5. The van der Waals surface area contributed by atoms with Gasteiger partial charge in [-0.3, -0.25) is 9.59 Å². The summed E-state index contributed by atoms with van der Waals surface area (Å²) >= 11 is 0. The summed E-state index contributed by atoms with van der Waals surface area (Å²) in [4.78, 5) is 24.3. The minimum absolute atomic E-state index is 0.169. The van der Waals surface area contributed by atoms with Crippen molar-refractivity contribution in [2.24, 2.45) is 5.41 Å². The maximum atomic E-state index is 11.9. The normalized spacial score (nSPS) is 21.9. The number of amides is 1. The fourth-order valence-electron chi connectivity index (χ4n) is 1.50. The molecule has 1 aliphatic rings. The molecule has 0 aliphatic carbocycles. The molecule has 2 N–H and O–H groups in total. The number of carboxylic acid groups (broad SMARTS) is 1. The molecule has 1 heterocycles. The minimum atomic E-state index is -1.43. The molecule has 0 aromatic heterocycles. The lowest BCUT2D eigenvalue weighted by Gasteiger charge is -2.35. The molecule has 0 radical (unpaired) electrons. The van der Waals surface area contributed by atoms with E-state index < -0.39 is 23.4 Å². The van der Waals surface area contributed by atoms with E-state index in [1.54, 1.807) is 0 Å². The Labute approximate surface area is 93.8 Å². The lowest BCUT2D eigenvalue weighted by molar-refractivity contribution is -0.162. The number of carbonyl (C=O) groups excluding carboxylic acids is 1. The maximum absolute atomic E-state index is 11.9. The Bertz CT molecular complexity index is 289. The topological polar surface area (TPSA) is 87.1 Å². The highest BCUT2D eigenvalue weighted by Crippen LogP contribution is 2.20. The average molecular weight is 231 g/mol. The summed E-state index contributed by atoms with van der Waals surface area (Å²) in [6.45, 7) is 3.52. The van der Waals surface area contributed by atoms with Crippen LogP contribution in [0.25, 0.3) is 0 Å². The standard InChI is InChI=1S/C10H17NO5/c1-10(2,9(14)15)8(13)11-3-4-16-7(5-11)6-12/h7,12H,3-6H2,1-2H3,(H,14,15). The summed E-state index contributed by atoms with van der Waals surface area (Å²) in [5.74, 6) is -1.59. The Morgan fingerprint density at radius 3 is 2.62 bits per heavy atom. The summed E-state index contributed by atoms with van der Waals surface area (Å²) in [5, 5.41) is 17.9. The Balaban J connectivity index is 2.70. The third kappa shape index (κ3) is 2.51. The first-order chi connectivity index (χ1) is 7.39. The smallest absolute Gasteiger partial charge is 0.318 e. The van der Waals surface area contributed by atoms with Crippen LogP contribution in [0.2, 0.25) is 0 Å². The quantitative estimate of drug-likeness (QED) is 0.628. The van der Waals surface area contributed by atoms with Crippen LogP contribution in [0.3, 0.4) is 0 Å². The minimum Gasteiger partial charge on any atom is -0.480 e. The van der Waals surface area contributed by atoms with Crippen LogP contribution in [0, 0.1) is 5.41 Å². The number of rotatable bonds is 3. The second-order valence-corrected chi connectivity index (χ2v) is 4.36. The van der Waals surface area contributed by atoms with E-state index in [1.165, 1.54) is 18.7 Å². The summed E-state index contributed by atoms with van der Waals surface area (Å²) in [5.41, 5.74) is -1.43. The zero-order valence-corrected chi connectivity index (χ0v) is 9.47. The van der Waals surface area contributed by atoms with Crippen LogP contribution in [0.4, 0.5) is 0 Å². The van der Waals surface area contributed by atoms with Crippen molar-refractivity contribution >= 4 is 11.9 Å². The summed E-state index contributed by atoms with van der Waals surface area (Å²) in [6.07, 6.45) is -0.415. The van der Waals surface area contributed by atoms with Gasteiger partial charge < -0.3 is 19.8 Å². The number of carbonyl (C=O) groups is 2. The molecule has 0 saturated carbocycles. The van der Waals surface area contributed by atoms with E-state index >= 15 is 0 Å². The van der Waals surface area contributed by atoms with Crippen LogP contribution in [-0.2, 0) is 14.3 Å². The van der Waals surface area contributed by atoms with Crippen LogP contribution in [0.15, 0.2) is 0 Å². The van der Waals surface area contributed by atoms with Crippen molar-refractivity contribution in [1.82, 2.24) is 4.90 Å². The molecule has 0 aromatic carbocycles. The van der Waals surface area contributed by atoms with Crippen molar-refractivity contribution < 1.29 is 24.5 Å². The second-order valence-electron chi connectivity index (χ2n) is 4.36. The van der Waals surface area contributed by atoms with E-state index in [9.17, 15) is 9.59 Å². The molecule has 1 fully saturated rings. The van der Waals surface area contributed by atoms with Crippen LogP contribution >= 0.6 is 0 Å². The van der Waals surface area contributed by atoms with Crippen LogP contribution in [0.5, 0.6) is 0 Å². The Morgan fingerprint density at radius 2 is 2.12 bits per heavy atom. The van der Waals surface area contributed by atoms with Gasteiger partial charge in [0.15, 0.2) is 0 Å². The summed E-state index contributed by atoms with van der Waals surface area (Å²) in [6, 6.07) is 0. The van der Waals surface area contributed by atoms with Crippen LogP contribution in [-0.4, -0.2) is 59.4 Å². The van der Waals surface area contributed by atoms with Gasteiger partial charge in [0.05, 0.1) is 19.3 Å². The molecule has 1 unspecified atom stereocenters. The predicted molar refractivity (Wildman–Crippen MR) is 54.8 cm³/mol. The van der Waals surface area contributed by atoms with Crippen molar-refractivity contribution in [2.75, 3.05) is 26.3 Å². The van der Waals surface area contributed by atoms with Crippen molar-refractivity contribution in [3.05, 3.63) is 0 Å². The molecule has 0 spiro atoms. The first-order valence-electron chi connectivity index (χ1n) is 5.15. The molecule has 1 aliphatic heterocycles. The largest absolute Gasteiger partial charge is 0.480 e. The first kappa shape index (κ1) is 12.9. The van der Waals surface area contributed by atoms with Gasteiger partial charge in [-0.15, -0.1) is 0 Å². The molecule has 6 heteroatoms. The zero-order valence-electron chi connectivity index (χ0n) is 9.47. The molecule has 1 atom stereocenters. The molecule has 0 aromatic rings. The van der Waals surface area contributed by atoms with Gasteiger partial charge in [-0.05, 0) is 13.8 Å². The number of hydrogen-bond acceptors (Lipinski definition) is 4. The van der Waals surface area contributed by atoms with Crippen molar-refractivity contribution in [2.45, 2.75) is 20.0 Å². The molecule has 92 valence electrons. The van der Waals surface area contributed by atoms with Gasteiger partial charge in [0.25, 0.3) is 0 Å². The number of hydrogen-bond donors (Lipinski definition) is 2. The number of morpholine rings is 1. The average Bonchev–Trinajstić information content (AvgIpc) is 2.27. The van der Waals surface area contributed by atoms with E-state index in [0.717, 1.165) is 0 Å². The van der Waals surface area contributed by atoms with Crippen molar-refractivity contribution in [1.29, 1.82) is 0 Å². The number of ether oxygens (including phenoxy) is 1. The van der Waals surface area contributed by atoms with Gasteiger partial charge in [0.2, 0.25) is 5.91 Å². The second kappa shape index (κ2) is 4.80. The monoisotopic (exact) mass is 231 g/mol. The SMILES string of the molecule is CC(C)(C(=O)O)C(=O)N1CCOC(CO)C1. The number of aliphatic carboxylic acids is 1. The van der Waals surface area contributed by atoms with Crippen LogP contribution < -0.4 is 0 Å². The predicted octanol–water partition coefficient (Wildman–Crippen LogP) is -0.683. The molecule has 1 amide bonds. The molecule has 6 nitrogen and oxygen atoms in total. The Morgan fingerprint density at radius 1 is 1.50 bits per heavy atom. The van der Waals surface area contributed by atoms with Gasteiger partial charge in [0.1, 0.15) is 5.41 Å². The van der Waals surface area contributed by atoms with E-state index in [1.807, 2.05) is 0 Å². The lowest BCUT2D eigenvalue weighted by atomic mass is 9.91.